The lowest BCUT2D eigenvalue weighted by Crippen LogP contribution is -2.45. The minimum atomic E-state index is -2.98. The summed E-state index contributed by atoms with van der Waals surface area (Å²) in [5.74, 6) is -0.877. The predicted octanol–water partition coefficient (Wildman–Crippen LogP) is 3.49. The number of rotatable bonds is 6. The summed E-state index contributed by atoms with van der Waals surface area (Å²) in [4.78, 5) is 57.1. The van der Waals surface area contributed by atoms with Crippen LogP contribution in [0.25, 0.3) is 0 Å². The van der Waals surface area contributed by atoms with Crippen LogP contribution in [-0.4, -0.2) is 79.5 Å². The van der Waals surface area contributed by atoms with E-state index in [0.717, 1.165) is 12.8 Å². The van der Waals surface area contributed by atoms with Crippen LogP contribution in [-0.2, 0) is 24.7 Å². The number of amides is 3. The third kappa shape index (κ3) is 4.37. The molecule has 2 aromatic rings. The Morgan fingerprint density at radius 3 is 2.51 bits per heavy atom. The lowest BCUT2D eigenvalue weighted by Gasteiger charge is -2.33. The highest BCUT2D eigenvalue weighted by Gasteiger charge is 2.67. The summed E-state index contributed by atoms with van der Waals surface area (Å²) in [7, 11) is -2.98. The van der Waals surface area contributed by atoms with Crippen molar-refractivity contribution in [1.82, 2.24) is 4.90 Å². The Morgan fingerprint density at radius 2 is 1.85 bits per heavy atom. The summed E-state index contributed by atoms with van der Waals surface area (Å²) < 4.78 is 12.0. The standard InChI is InChI=1S/C30H37N3O7Si/c1-19-27(41(2,3)38)25(17-26(35)31-13-7-10-22(31)18-34)40-30(19)23-16-21(32-14-15-39-29(32)37)11-12-24(23)33(28(30)36)20-8-5-4-6-9-20/h4-6,8-9,11-12,16,19,22,25,27,34,38H,7,10,13-15,17-18H2,1-3H3/t19-,22+,25+,27-,30+/m1/s1. The van der Waals surface area contributed by atoms with Crippen LogP contribution in [0, 0.1) is 5.92 Å². The zero-order valence-corrected chi connectivity index (χ0v) is 24.7. The molecular weight excluding hydrogens is 542 g/mol. The molecule has 4 aliphatic heterocycles. The fourth-order valence-corrected chi connectivity index (χ4v) is 10.0. The average molecular weight is 580 g/mol. The van der Waals surface area contributed by atoms with E-state index in [9.17, 15) is 24.3 Å². The predicted molar refractivity (Wildman–Crippen MR) is 154 cm³/mol. The quantitative estimate of drug-likeness (QED) is 0.503. The van der Waals surface area contributed by atoms with Gasteiger partial charge in [-0.3, -0.25) is 19.4 Å². The van der Waals surface area contributed by atoms with Gasteiger partial charge in [-0.15, -0.1) is 0 Å². The molecule has 0 saturated carbocycles. The van der Waals surface area contributed by atoms with E-state index < -0.39 is 37.6 Å². The average Bonchev–Trinajstić information content (AvgIpc) is 3.70. The van der Waals surface area contributed by atoms with Crippen molar-refractivity contribution in [3.63, 3.8) is 0 Å². The first kappa shape index (κ1) is 27.9. The summed E-state index contributed by atoms with van der Waals surface area (Å²) in [6, 6.07) is 14.6. The minimum Gasteiger partial charge on any atom is -0.447 e. The van der Waals surface area contributed by atoms with Gasteiger partial charge < -0.3 is 24.3 Å². The number of anilines is 3. The molecule has 41 heavy (non-hydrogen) atoms. The van der Waals surface area contributed by atoms with Crippen molar-refractivity contribution >= 4 is 43.3 Å². The van der Waals surface area contributed by atoms with Crippen molar-refractivity contribution in [2.75, 3.05) is 36.1 Å². The molecule has 2 N–H and O–H groups in total. The summed E-state index contributed by atoms with van der Waals surface area (Å²) in [6.45, 7) is 6.74. The molecule has 6 rings (SSSR count). The molecule has 4 aliphatic rings. The summed E-state index contributed by atoms with van der Waals surface area (Å²) in [5.41, 5.74) is 0.655. The molecule has 0 bridgehead atoms. The molecule has 11 heteroatoms. The van der Waals surface area contributed by atoms with Gasteiger partial charge in [0.15, 0.2) is 13.9 Å². The highest BCUT2D eigenvalue weighted by atomic mass is 28.4. The Kier molecular flexibility index (Phi) is 6.96. The van der Waals surface area contributed by atoms with Gasteiger partial charge in [0, 0.05) is 34.9 Å². The Morgan fingerprint density at radius 1 is 1.10 bits per heavy atom. The van der Waals surface area contributed by atoms with E-state index in [4.69, 9.17) is 9.47 Å². The van der Waals surface area contributed by atoms with E-state index in [1.165, 1.54) is 4.90 Å². The summed E-state index contributed by atoms with van der Waals surface area (Å²) in [5, 5.41) is 9.81. The second-order valence-electron chi connectivity index (χ2n) is 12.1. The van der Waals surface area contributed by atoms with Crippen LogP contribution < -0.4 is 9.80 Å². The van der Waals surface area contributed by atoms with E-state index in [-0.39, 0.29) is 37.5 Å². The van der Waals surface area contributed by atoms with E-state index in [1.807, 2.05) is 62.5 Å². The number of benzene rings is 2. The third-order valence-electron chi connectivity index (χ3n) is 9.25. The Hall–Kier alpha value is -3.25. The lowest BCUT2D eigenvalue weighted by atomic mass is 9.82. The first-order chi connectivity index (χ1) is 19.6. The van der Waals surface area contributed by atoms with Gasteiger partial charge in [-0.25, -0.2) is 4.79 Å². The van der Waals surface area contributed by atoms with E-state index in [1.54, 1.807) is 15.9 Å². The number of likely N-dealkylation sites (tertiary alicyclic amines) is 1. The number of nitrogens with zero attached hydrogens (tertiary/aromatic N) is 3. The van der Waals surface area contributed by atoms with Gasteiger partial charge in [0.05, 0.1) is 37.4 Å². The van der Waals surface area contributed by atoms with Gasteiger partial charge in [0.1, 0.15) is 6.61 Å². The fourth-order valence-electron chi connectivity index (χ4n) is 7.46. The van der Waals surface area contributed by atoms with E-state index in [2.05, 4.69) is 0 Å². The van der Waals surface area contributed by atoms with E-state index >= 15 is 0 Å². The lowest BCUT2D eigenvalue weighted by molar-refractivity contribution is -0.149. The van der Waals surface area contributed by atoms with Crippen LogP contribution in [0.1, 0.15) is 31.7 Å². The van der Waals surface area contributed by atoms with Crippen molar-refractivity contribution in [3.05, 3.63) is 54.1 Å². The van der Waals surface area contributed by atoms with Crippen LogP contribution in [0.5, 0.6) is 0 Å². The Bertz CT molecular complexity index is 1370. The molecule has 0 radical (unpaired) electrons. The second kappa shape index (κ2) is 10.2. The van der Waals surface area contributed by atoms with Crippen molar-refractivity contribution in [2.24, 2.45) is 5.92 Å². The van der Waals surface area contributed by atoms with Gasteiger partial charge >= 0.3 is 6.09 Å². The molecular formula is C30H37N3O7Si. The number of para-hydroxylation sites is 1. The molecule has 2 aromatic carbocycles. The van der Waals surface area contributed by atoms with Crippen LogP contribution >= 0.6 is 0 Å². The number of fused-ring (bicyclic) bond motifs is 2. The first-order valence-electron chi connectivity index (χ1n) is 14.4. The molecule has 3 amide bonds. The zero-order chi connectivity index (χ0) is 29.1. The maximum absolute atomic E-state index is 14.7. The molecule has 3 fully saturated rings. The molecule has 10 nitrogen and oxygen atoms in total. The van der Waals surface area contributed by atoms with Gasteiger partial charge in [-0.05, 0) is 56.3 Å². The summed E-state index contributed by atoms with van der Waals surface area (Å²) >= 11 is 0. The fraction of sp³-hybridized carbons (Fsp3) is 0.500. The number of carbonyl (C=O) groups is 3. The van der Waals surface area contributed by atoms with Crippen molar-refractivity contribution < 1.29 is 33.8 Å². The number of hydrogen-bond acceptors (Lipinski definition) is 7. The maximum Gasteiger partial charge on any atom is 0.414 e. The van der Waals surface area contributed by atoms with Crippen LogP contribution in [0.3, 0.4) is 0 Å². The van der Waals surface area contributed by atoms with Crippen LogP contribution in [0.2, 0.25) is 18.6 Å². The Labute approximate surface area is 240 Å². The smallest absolute Gasteiger partial charge is 0.414 e. The molecule has 3 saturated heterocycles. The maximum atomic E-state index is 14.7. The van der Waals surface area contributed by atoms with E-state index in [0.29, 0.717) is 35.7 Å². The number of aliphatic hydroxyl groups is 1. The zero-order valence-electron chi connectivity index (χ0n) is 23.7. The highest BCUT2D eigenvalue weighted by Crippen LogP contribution is 2.61. The van der Waals surface area contributed by atoms with Crippen molar-refractivity contribution in [2.45, 2.75) is 62.6 Å². The molecule has 1 spiro atoms. The first-order valence-corrected chi connectivity index (χ1v) is 17.4. The molecule has 5 atom stereocenters. The third-order valence-corrected chi connectivity index (χ3v) is 11.7. The molecule has 218 valence electrons. The number of ether oxygens (including phenoxy) is 2. The largest absolute Gasteiger partial charge is 0.447 e. The van der Waals surface area contributed by atoms with Gasteiger partial charge in [-0.1, -0.05) is 25.1 Å². The number of hydrogen-bond donors (Lipinski definition) is 2. The normalized spacial score (nSPS) is 29.5. The Balaban J connectivity index is 1.46. The van der Waals surface area contributed by atoms with Crippen molar-refractivity contribution in [3.8, 4) is 0 Å². The minimum absolute atomic E-state index is 0.0103. The molecule has 0 unspecified atom stereocenters. The number of carbonyl (C=O) groups excluding carboxylic acids is 3. The number of aliphatic hydroxyl groups excluding tert-OH is 1. The SMILES string of the molecule is C[C@@H]1[C@@H]([Si](C)(C)O)[C@H](CC(=O)N2CCC[C@H]2CO)O[C@@]12C(=O)N(c1ccccc1)c1ccc(N3CCOC3=O)cc12. The summed E-state index contributed by atoms with van der Waals surface area (Å²) in [6.07, 6.45) is 0.440. The molecule has 4 heterocycles. The van der Waals surface area contributed by atoms with Crippen LogP contribution in [0.15, 0.2) is 48.5 Å². The topological polar surface area (TPSA) is 120 Å². The van der Waals surface area contributed by atoms with Gasteiger partial charge in [-0.2, -0.15) is 0 Å². The number of cyclic esters (lactones) is 1. The molecule has 0 aromatic heterocycles. The van der Waals surface area contributed by atoms with Crippen LogP contribution in [0.4, 0.5) is 21.9 Å². The molecule has 0 aliphatic carbocycles. The van der Waals surface area contributed by atoms with Crippen molar-refractivity contribution in [1.29, 1.82) is 0 Å². The second-order valence-corrected chi connectivity index (χ2v) is 16.0. The van der Waals surface area contributed by atoms with Gasteiger partial charge in [0.2, 0.25) is 5.91 Å². The highest BCUT2D eigenvalue weighted by molar-refractivity contribution is 6.71. The monoisotopic (exact) mass is 579 g/mol. The van der Waals surface area contributed by atoms with Gasteiger partial charge in [0.25, 0.3) is 5.91 Å².